The van der Waals surface area contributed by atoms with Gasteiger partial charge in [0, 0.05) is 36.7 Å². The summed E-state index contributed by atoms with van der Waals surface area (Å²) < 4.78 is 5.52. The van der Waals surface area contributed by atoms with E-state index in [1.807, 2.05) is 24.3 Å². The molecule has 6 heteroatoms. The third kappa shape index (κ3) is 5.18. The summed E-state index contributed by atoms with van der Waals surface area (Å²) in [6.45, 7) is 8.73. The number of aryl methyl sites for hydroxylation is 2. The fourth-order valence-corrected chi connectivity index (χ4v) is 4.89. The molecule has 0 spiro atoms. The number of piperazine rings is 1. The van der Waals surface area contributed by atoms with Crippen LogP contribution in [0.2, 0.25) is 0 Å². The number of thiophene rings is 1. The molecule has 0 saturated carbocycles. The van der Waals surface area contributed by atoms with Crippen LogP contribution in [0.5, 0.6) is 0 Å². The van der Waals surface area contributed by atoms with Crippen LogP contribution >= 0.6 is 11.3 Å². The quantitative estimate of drug-likeness (QED) is 0.639. The molecular formula is C23H30N2O3S. The zero-order valence-electron chi connectivity index (χ0n) is 17.5. The summed E-state index contributed by atoms with van der Waals surface area (Å²) in [5.41, 5.74) is 2.38. The number of rotatable bonds is 7. The smallest absolute Gasteiger partial charge is 0.349 e. The van der Waals surface area contributed by atoms with E-state index >= 15 is 0 Å². The molecule has 3 rings (SSSR count). The van der Waals surface area contributed by atoms with Gasteiger partial charge in [-0.15, -0.1) is 11.3 Å². The van der Waals surface area contributed by atoms with Gasteiger partial charge in [0.1, 0.15) is 4.88 Å². The molecule has 1 aliphatic heterocycles. The van der Waals surface area contributed by atoms with Gasteiger partial charge in [-0.25, -0.2) is 4.79 Å². The van der Waals surface area contributed by atoms with Crippen LogP contribution in [0.15, 0.2) is 36.4 Å². The molecule has 0 bridgehead atoms. The van der Waals surface area contributed by atoms with E-state index in [-0.39, 0.29) is 5.91 Å². The molecule has 1 unspecified atom stereocenters. The van der Waals surface area contributed by atoms with Crippen LogP contribution in [-0.4, -0.2) is 49.1 Å². The molecule has 0 aliphatic carbocycles. The number of hydrogen-bond donors (Lipinski definition) is 0. The van der Waals surface area contributed by atoms with E-state index in [4.69, 9.17) is 4.74 Å². The van der Waals surface area contributed by atoms with E-state index in [9.17, 15) is 9.59 Å². The van der Waals surface area contributed by atoms with E-state index < -0.39 is 12.1 Å². The monoisotopic (exact) mass is 414 g/mol. The normalized spacial score (nSPS) is 15.3. The van der Waals surface area contributed by atoms with Gasteiger partial charge in [-0.2, -0.15) is 0 Å². The predicted molar refractivity (Wildman–Crippen MR) is 118 cm³/mol. The number of esters is 1. The number of benzene rings is 1. The summed E-state index contributed by atoms with van der Waals surface area (Å²) >= 11 is 1.50. The lowest BCUT2D eigenvalue weighted by atomic mass is 10.1. The number of para-hydroxylation sites is 1. The maximum atomic E-state index is 12.8. The summed E-state index contributed by atoms with van der Waals surface area (Å²) in [7, 11) is 0. The Bertz CT molecular complexity index is 826. The van der Waals surface area contributed by atoms with Crippen LogP contribution in [0.1, 0.15) is 47.3 Å². The molecule has 1 aromatic carbocycles. The zero-order valence-corrected chi connectivity index (χ0v) is 18.3. The van der Waals surface area contributed by atoms with Crippen molar-refractivity contribution in [2.75, 3.05) is 31.1 Å². The molecule has 29 heavy (non-hydrogen) atoms. The second kappa shape index (κ2) is 9.92. The first kappa shape index (κ1) is 21.4. The summed E-state index contributed by atoms with van der Waals surface area (Å²) in [6.07, 6.45) is 2.15. The minimum Gasteiger partial charge on any atom is -0.448 e. The van der Waals surface area contributed by atoms with Crippen molar-refractivity contribution in [3.63, 3.8) is 0 Å². The van der Waals surface area contributed by atoms with Crippen molar-refractivity contribution in [2.24, 2.45) is 0 Å². The maximum Gasteiger partial charge on any atom is 0.349 e. The van der Waals surface area contributed by atoms with Gasteiger partial charge in [-0.1, -0.05) is 38.5 Å². The predicted octanol–water partition coefficient (Wildman–Crippen LogP) is 4.16. The standard InChI is InChI=1S/C23H30N2O3S/c1-4-9-20-18(5-2)16-21(29-20)23(27)28-17(3)22(26)25-14-12-24(13-15-25)19-10-7-6-8-11-19/h6-8,10-11,16-17H,4-5,9,12-15H2,1-3H3. The van der Waals surface area contributed by atoms with Gasteiger partial charge >= 0.3 is 5.97 Å². The molecular weight excluding hydrogens is 384 g/mol. The fourth-order valence-electron chi connectivity index (χ4n) is 3.65. The van der Waals surface area contributed by atoms with Crippen LogP contribution in [-0.2, 0) is 22.4 Å². The highest BCUT2D eigenvalue weighted by atomic mass is 32.1. The van der Waals surface area contributed by atoms with Crippen molar-refractivity contribution in [1.82, 2.24) is 4.90 Å². The molecule has 1 atom stereocenters. The van der Waals surface area contributed by atoms with E-state index in [0.717, 1.165) is 32.4 Å². The number of amides is 1. The molecule has 2 heterocycles. The molecule has 2 aromatic rings. The van der Waals surface area contributed by atoms with Crippen molar-refractivity contribution < 1.29 is 14.3 Å². The number of nitrogens with zero attached hydrogens (tertiary/aromatic N) is 2. The Kier molecular flexibility index (Phi) is 7.31. The molecule has 0 N–H and O–H groups in total. The van der Waals surface area contributed by atoms with E-state index in [1.165, 1.54) is 27.5 Å². The Labute approximate surface area is 177 Å². The van der Waals surface area contributed by atoms with Crippen molar-refractivity contribution >= 4 is 28.9 Å². The summed E-state index contributed by atoms with van der Waals surface area (Å²) in [5, 5.41) is 0. The average Bonchev–Trinajstić information content (AvgIpc) is 3.17. The lowest BCUT2D eigenvalue weighted by Crippen LogP contribution is -2.51. The second-order valence-corrected chi connectivity index (χ2v) is 8.49. The molecule has 5 nitrogen and oxygen atoms in total. The molecule has 1 saturated heterocycles. The highest BCUT2D eigenvalue weighted by Gasteiger charge is 2.28. The molecule has 1 aromatic heterocycles. The fraction of sp³-hybridized carbons (Fsp3) is 0.478. The molecule has 1 fully saturated rings. The first-order valence-electron chi connectivity index (χ1n) is 10.4. The SMILES string of the molecule is CCCc1sc(C(=O)OC(C)C(=O)N2CCN(c3ccccc3)CC2)cc1CC. The first-order chi connectivity index (χ1) is 14.0. The van der Waals surface area contributed by atoms with Crippen LogP contribution in [0.4, 0.5) is 5.69 Å². The van der Waals surface area contributed by atoms with Gasteiger partial charge in [0.15, 0.2) is 6.10 Å². The summed E-state index contributed by atoms with van der Waals surface area (Å²) in [5.74, 6) is -0.511. The first-order valence-corrected chi connectivity index (χ1v) is 11.3. The van der Waals surface area contributed by atoms with Crippen LogP contribution < -0.4 is 4.90 Å². The molecule has 1 amide bonds. The topological polar surface area (TPSA) is 49.9 Å². The molecule has 156 valence electrons. The van der Waals surface area contributed by atoms with Crippen LogP contribution in [0.3, 0.4) is 0 Å². The average molecular weight is 415 g/mol. The number of hydrogen-bond acceptors (Lipinski definition) is 5. The van der Waals surface area contributed by atoms with Crippen molar-refractivity contribution in [3.05, 3.63) is 51.7 Å². The van der Waals surface area contributed by atoms with Gasteiger partial charge in [-0.05, 0) is 43.5 Å². The van der Waals surface area contributed by atoms with Crippen molar-refractivity contribution in [3.8, 4) is 0 Å². The maximum absolute atomic E-state index is 12.8. The Morgan fingerprint density at radius 3 is 2.41 bits per heavy atom. The lowest BCUT2D eigenvalue weighted by molar-refractivity contribution is -0.140. The highest BCUT2D eigenvalue weighted by Crippen LogP contribution is 2.26. The highest BCUT2D eigenvalue weighted by molar-refractivity contribution is 7.14. The Balaban J connectivity index is 1.55. The Morgan fingerprint density at radius 2 is 1.79 bits per heavy atom. The zero-order chi connectivity index (χ0) is 20.8. The van der Waals surface area contributed by atoms with Crippen molar-refractivity contribution in [2.45, 2.75) is 46.1 Å². The third-order valence-electron chi connectivity index (χ3n) is 5.30. The number of carbonyl (C=O) groups is 2. The van der Waals surface area contributed by atoms with Crippen LogP contribution in [0, 0.1) is 0 Å². The Morgan fingerprint density at radius 1 is 1.10 bits per heavy atom. The minimum atomic E-state index is -0.771. The minimum absolute atomic E-state index is 0.118. The van der Waals surface area contributed by atoms with Gasteiger partial charge in [0.05, 0.1) is 0 Å². The van der Waals surface area contributed by atoms with Gasteiger partial charge < -0.3 is 14.5 Å². The number of anilines is 1. The summed E-state index contributed by atoms with van der Waals surface area (Å²) in [6, 6.07) is 12.1. The molecule has 1 aliphatic rings. The van der Waals surface area contributed by atoms with E-state index in [2.05, 4.69) is 30.9 Å². The number of ether oxygens (including phenoxy) is 1. The van der Waals surface area contributed by atoms with Gasteiger partial charge in [0.25, 0.3) is 5.91 Å². The Hall–Kier alpha value is -2.34. The molecule has 0 radical (unpaired) electrons. The summed E-state index contributed by atoms with van der Waals surface area (Å²) in [4.78, 5) is 31.3. The largest absolute Gasteiger partial charge is 0.448 e. The van der Waals surface area contributed by atoms with Gasteiger partial charge in [0.2, 0.25) is 0 Å². The van der Waals surface area contributed by atoms with E-state index in [0.29, 0.717) is 18.0 Å². The third-order valence-corrected chi connectivity index (χ3v) is 6.52. The second-order valence-electron chi connectivity index (χ2n) is 7.36. The lowest BCUT2D eigenvalue weighted by Gasteiger charge is -2.37. The van der Waals surface area contributed by atoms with Crippen LogP contribution in [0.25, 0.3) is 0 Å². The van der Waals surface area contributed by atoms with E-state index in [1.54, 1.807) is 11.8 Å². The number of carbonyl (C=O) groups excluding carboxylic acids is 2. The van der Waals surface area contributed by atoms with Gasteiger partial charge in [-0.3, -0.25) is 4.79 Å². The van der Waals surface area contributed by atoms with Crippen molar-refractivity contribution in [1.29, 1.82) is 0 Å².